The lowest BCUT2D eigenvalue weighted by Gasteiger charge is -2.02. The minimum Gasteiger partial charge on any atom is -0.456 e. The zero-order valence-electron chi connectivity index (χ0n) is 17.5. The molecule has 0 bridgehead atoms. The first-order valence-electron chi connectivity index (χ1n) is 10.4. The molecule has 0 radical (unpaired) electrons. The highest BCUT2D eigenvalue weighted by Crippen LogP contribution is 2.37. The van der Waals surface area contributed by atoms with Gasteiger partial charge in [0.2, 0.25) is 0 Å². The van der Waals surface area contributed by atoms with Crippen molar-refractivity contribution in [2.75, 3.05) is 0 Å². The van der Waals surface area contributed by atoms with Gasteiger partial charge in [-0.15, -0.1) is 0 Å². The third kappa shape index (κ3) is 3.19. The molecule has 0 amide bonds. The molecule has 0 fully saturated rings. The van der Waals surface area contributed by atoms with Crippen molar-refractivity contribution in [2.24, 2.45) is 0 Å². The van der Waals surface area contributed by atoms with Gasteiger partial charge in [-0.25, -0.2) is 0 Å². The first kappa shape index (κ1) is 19.5. The summed E-state index contributed by atoms with van der Waals surface area (Å²) in [4.78, 5) is 0. The number of aryl methyl sites for hydroxylation is 2. The summed E-state index contributed by atoms with van der Waals surface area (Å²) in [6.07, 6.45) is 0. The van der Waals surface area contributed by atoms with E-state index in [0.29, 0.717) is 0 Å². The molecule has 0 atom stereocenters. The van der Waals surface area contributed by atoms with Gasteiger partial charge in [0.25, 0.3) is 0 Å². The van der Waals surface area contributed by atoms with Crippen LogP contribution in [0.25, 0.3) is 55.4 Å². The summed E-state index contributed by atoms with van der Waals surface area (Å²) in [5.74, 6) is 1.68. The molecule has 0 aliphatic carbocycles. The van der Waals surface area contributed by atoms with Crippen LogP contribution in [0.4, 0.5) is 0 Å². The summed E-state index contributed by atoms with van der Waals surface area (Å²) in [6, 6.07) is 24.4. The van der Waals surface area contributed by atoms with Gasteiger partial charge in [-0.2, -0.15) is 0 Å². The molecule has 4 heteroatoms. The van der Waals surface area contributed by atoms with Gasteiger partial charge in [0.1, 0.15) is 22.7 Å². The van der Waals surface area contributed by atoms with E-state index in [2.05, 4.69) is 36.4 Å². The summed E-state index contributed by atoms with van der Waals surface area (Å²) in [5.41, 5.74) is 5.99. The van der Waals surface area contributed by atoms with E-state index < -0.39 is 0 Å². The number of fused-ring (bicyclic) bond motifs is 3. The highest BCUT2D eigenvalue weighted by atomic mass is 35.5. The Balaban J connectivity index is 1.48. The van der Waals surface area contributed by atoms with Crippen molar-refractivity contribution in [3.8, 4) is 22.6 Å². The lowest BCUT2D eigenvalue weighted by Crippen LogP contribution is -1.80. The quantitative estimate of drug-likeness (QED) is 0.259. The van der Waals surface area contributed by atoms with E-state index in [1.165, 1.54) is 0 Å². The Labute approximate surface area is 195 Å². The molecule has 2 heterocycles. The first-order valence-corrected chi connectivity index (χ1v) is 11.1. The summed E-state index contributed by atoms with van der Waals surface area (Å²) in [5, 5.41) is 5.79. The van der Waals surface area contributed by atoms with Gasteiger partial charge in [-0.05, 0) is 109 Å². The van der Waals surface area contributed by atoms with Gasteiger partial charge in [0.15, 0.2) is 0 Å². The van der Waals surface area contributed by atoms with E-state index in [9.17, 15) is 0 Å². The Kier molecular flexibility index (Phi) is 4.36. The molecule has 2 aromatic heterocycles. The Bertz CT molecular complexity index is 1480. The third-order valence-corrected chi connectivity index (χ3v) is 6.49. The number of benzene rings is 4. The molecule has 0 spiro atoms. The van der Waals surface area contributed by atoms with E-state index >= 15 is 0 Å². The molecule has 0 aliphatic rings. The molecule has 0 saturated carbocycles. The fourth-order valence-electron chi connectivity index (χ4n) is 4.40. The summed E-state index contributed by atoms with van der Waals surface area (Å²) in [7, 11) is 0. The Morgan fingerprint density at radius 2 is 0.938 bits per heavy atom. The van der Waals surface area contributed by atoms with E-state index in [0.717, 1.165) is 76.5 Å². The van der Waals surface area contributed by atoms with Crippen LogP contribution in [-0.4, -0.2) is 0 Å². The predicted molar refractivity (Wildman–Crippen MR) is 134 cm³/mol. The van der Waals surface area contributed by atoms with Crippen molar-refractivity contribution < 1.29 is 8.83 Å². The lowest BCUT2D eigenvalue weighted by molar-refractivity contribution is 0.630. The zero-order valence-corrected chi connectivity index (χ0v) is 19.0. The van der Waals surface area contributed by atoms with Crippen molar-refractivity contribution >= 4 is 55.9 Å². The van der Waals surface area contributed by atoms with Gasteiger partial charge in [-0.1, -0.05) is 23.2 Å². The normalized spacial score (nSPS) is 11.8. The molecule has 6 aromatic rings. The lowest BCUT2D eigenvalue weighted by atomic mass is 10.0. The van der Waals surface area contributed by atoms with E-state index in [4.69, 9.17) is 32.0 Å². The minimum atomic E-state index is 0.726. The fraction of sp³-hybridized carbons (Fsp3) is 0.0714. The Hall–Kier alpha value is -3.20. The average Bonchev–Trinajstić information content (AvgIpc) is 3.33. The Morgan fingerprint density at radius 3 is 1.34 bits per heavy atom. The highest BCUT2D eigenvalue weighted by molar-refractivity contribution is 6.31. The molecule has 156 valence electrons. The van der Waals surface area contributed by atoms with Crippen molar-refractivity contribution in [1.29, 1.82) is 0 Å². The number of rotatable bonds is 2. The smallest absolute Gasteiger partial charge is 0.135 e. The Morgan fingerprint density at radius 1 is 0.500 bits per heavy atom. The second-order valence-electron chi connectivity index (χ2n) is 8.27. The molecule has 0 unspecified atom stereocenters. The van der Waals surface area contributed by atoms with Crippen LogP contribution in [0.2, 0.25) is 10.0 Å². The molecule has 6 rings (SSSR count). The van der Waals surface area contributed by atoms with Crippen molar-refractivity contribution in [3.63, 3.8) is 0 Å². The highest BCUT2D eigenvalue weighted by Gasteiger charge is 2.13. The number of hydrogen-bond donors (Lipinski definition) is 0. The topological polar surface area (TPSA) is 26.3 Å². The molecule has 0 N–H and O–H groups in total. The third-order valence-electron chi connectivity index (χ3n) is 6.02. The van der Waals surface area contributed by atoms with Crippen LogP contribution in [0, 0.1) is 13.8 Å². The zero-order chi connectivity index (χ0) is 22.0. The monoisotopic (exact) mass is 456 g/mol. The molecular weight excluding hydrogens is 439 g/mol. The molecule has 32 heavy (non-hydrogen) atoms. The van der Waals surface area contributed by atoms with E-state index in [-0.39, 0.29) is 0 Å². The molecule has 2 nitrogen and oxygen atoms in total. The van der Waals surface area contributed by atoms with Crippen LogP contribution < -0.4 is 0 Å². The van der Waals surface area contributed by atoms with Gasteiger partial charge < -0.3 is 8.83 Å². The predicted octanol–water partition coefficient (Wildman–Crippen LogP) is 9.59. The second-order valence-corrected chi connectivity index (χ2v) is 9.14. The fourth-order valence-corrected chi connectivity index (χ4v) is 4.85. The summed E-state index contributed by atoms with van der Waals surface area (Å²) < 4.78 is 12.4. The molecule has 0 aliphatic heterocycles. The van der Waals surface area contributed by atoms with Gasteiger partial charge in [-0.3, -0.25) is 0 Å². The maximum atomic E-state index is 6.22. The van der Waals surface area contributed by atoms with Gasteiger partial charge in [0, 0.05) is 31.9 Å². The van der Waals surface area contributed by atoms with E-state index in [1.807, 2.05) is 50.2 Å². The van der Waals surface area contributed by atoms with Gasteiger partial charge in [0.05, 0.1) is 0 Å². The first-order chi connectivity index (χ1) is 15.4. The van der Waals surface area contributed by atoms with Crippen molar-refractivity contribution in [3.05, 3.63) is 94.0 Å². The maximum absolute atomic E-state index is 6.22. The van der Waals surface area contributed by atoms with Crippen LogP contribution in [-0.2, 0) is 0 Å². The van der Waals surface area contributed by atoms with Crippen LogP contribution >= 0.6 is 23.2 Å². The molecule has 4 aromatic carbocycles. The largest absolute Gasteiger partial charge is 0.456 e. The number of halogens is 2. The SMILES string of the molecule is Cc1cc(Cl)ccc1-c1cc2cc3cc4oc(-c5ccc(Cl)cc5C)cc4cc3cc2o1. The second kappa shape index (κ2) is 7.16. The summed E-state index contributed by atoms with van der Waals surface area (Å²) in [6.45, 7) is 4.08. The van der Waals surface area contributed by atoms with Crippen molar-refractivity contribution in [1.82, 2.24) is 0 Å². The van der Waals surface area contributed by atoms with Crippen LogP contribution in [0.3, 0.4) is 0 Å². The maximum Gasteiger partial charge on any atom is 0.135 e. The average molecular weight is 457 g/mol. The standard InChI is InChI=1S/C28H18Cl2O2/c1-15-7-21(29)3-5-23(15)27-13-19-9-17-12-26-20(10-18(17)11-25(19)31-27)14-28(32-26)24-6-4-22(30)8-16(24)2/h3-14H,1-2H3. The number of furan rings is 2. The van der Waals surface area contributed by atoms with Crippen molar-refractivity contribution in [2.45, 2.75) is 13.8 Å². The number of hydrogen-bond acceptors (Lipinski definition) is 2. The van der Waals surface area contributed by atoms with Crippen LogP contribution in [0.15, 0.2) is 81.6 Å². The molecular formula is C28H18Cl2O2. The minimum absolute atomic E-state index is 0.726. The molecule has 0 saturated heterocycles. The van der Waals surface area contributed by atoms with Crippen LogP contribution in [0.1, 0.15) is 11.1 Å². The van der Waals surface area contributed by atoms with Crippen LogP contribution in [0.5, 0.6) is 0 Å². The van der Waals surface area contributed by atoms with E-state index in [1.54, 1.807) is 0 Å². The summed E-state index contributed by atoms with van der Waals surface area (Å²) >= 11 is 12.2. The van der Waals surface area contributed by atoms with Gasteiger partial charge >= 0.3 is 0 Å².